The smallest absolute Gasteiger partial charge is 0.246 e. The first-order chi connectivity index (χ1) is 10.2. The zero-order valence-electron chi connectivity index (χ0n) is 13.4. The van der Waals surface area contributed by atoms with E-state index in [4.69, 9.17) is 9.47 Å². The molecular weight excluding hydrogens is 266 g/mol. The van der Waals surface area contributed by atoms with Gasteiger partial charge in [-0.25, -0.2) is 0 Å². The van der Waals surface area contributed by atoms with Gasteiger partial charge in [0, 0.05) is 19.2 Å². The Labute approximate surface area is 127 Å². The van der Waals surface area contributed by atoms with Gasteiger partial charge in [0.1, 0.15) is 0 Å². The molecule has 0 aliphatic heterocycles. The van der Waals surface area contributed by atoms with Crippen molar-refractivity contribution in [2.45, 2.75) is 27.7 Å². The maximum absolute atomic E-state index is 11.9. The van der Waals surface area contributed by atoms with Gasteiger partial charge in [-0.3, -0.25) is 4.79 Å². The van der Waals surface area contributed by atoms with E-state index >= 15 is 0 Å². The number of ether oxygens (including phenoxy) is 2. The summed E-state index contributed by atoms with van der Waals surface area (Å²) >= 11 is 0. The molecule has 4 nitrogen and oxygen atoms in total. The van der Waals surface area contributed by atoms with Crippen LogP contribution < -0.4 is 9.47 Å². The van der Waals surface area contributed by atoms with Crippen LogP contribution in [-0.2, 0) is 4.79 Å². The Morgan fingerprint density at radius 1 is 1.05 bits per heavy atom. The lowest BCUT2D eigenvalue weighted by Crippen LogP contribution is -2.28. The van der Waals surface area contributed by atoms with E-state index in [1.165, 1.54) is 0 Å². The summed E-state index contributed by atoms with van der Waals surface area (Å²) in [7, 11) is 0. The summed E-state index contributed by atoms with van der Waals surface area (Å²) in [5.74, 6) is 1.45. The van der Waals surface area contributed by atoms with Gasteiger partial charge in [-0.05, 0) is 51.5 Å². The Morgan fingerprint density at radius 2 is 1.67 bits per heavy atom. The molecule has 21 heavy (non-hydrogen) atoms. The summed E-state index contributed by atoms with van der Waals surface area (Å²) in [6.45, 7) is 10.4. The highest BCUT2D eigenvalue weighted by Crippen LogP contribution is 2.29. The molecule has 0 aliphatic rings. The number of likely N-dealkylation sites (N-methyl/N-ethyl adjacent to an activating group) is 1. The monoisotopic (exact) mass is 291 g/mol. The Hall–Kier alpha value is -1.97. The minimum absolute atomic E-state index is 0.0202. The van der Waals surface area contributed by atoms with E-state index in [0.717, 1.165) is 11.3 Å². The maximum atomic E-state index is 11.9. The Kier molecular flexibility index (Phi) is 7.37. The highest BCUT2D eigenvalue weighted by Gasteiger charge is 2.07. The van der Waals surface area contributed by atoms with E-state index < -0.39 is 0 Å². The van der Waals surface area contributed by atoms with Crippen molar-refractivity contribution in [3.8, 4) is 11.5 Å². The second-order valence-corrected chi connectivity index (χ2v) is 4.42. The van der Waals surface area contributed by atoms with E-state index in [0.29, 0.717) is 32.1 Å². The third-order valence-corrected chi connectivity index (χ3v) is 3.06. The van der Waals surface area contributed by atoms with Gasteiger partial charge < -0.3 is 14.4 Å². The van der Waals surface area contributed by atoms with Crippen LogP contribution in [0, 0.1) is 0 Å². The number of carbonyl (C=O) groups excluding carboxylic acids is 1. The first-order valence-corrected chi connectivity index (χ1v) is 7.52. The molecule has 1 aromatic rings. The van der Waals surface area contributed by atoms with Gasteiger partial charge in [0.05, 0.1) is 13.2 Å². The molecule has 0 heterocycles. The maximum Gasteiger partial charge on any atom is 0.246 e. The van der Waals surface area contributed by atoms with Gasteiger partial charge in [-0.15, -0.1) is 0 Å². The number of nitrogens with zero attached hydrogens (tertiary/aromatic N) is 1. The van der Waals surface area contributed by atoms with Crippen molar-refractivity contribution in [1.82, 2.24) is 4.90 Å². The zero-order valence-corrected chi connectivity index (χ0v) is 13.4. The minimum Gasteiger partial charge on any atom is -0.490 e. The van der Waals surface area contributed by atoms with Crippen molar-refractivity contribution in [3.05, 3.63) is 29.8 Å². The van der Waals surface area contributed by atoms with E-state index in [1.54, 1.807) is 17.1 Å². The molecule has 1 rings (SSSR count). The number of amides is 1. The third kappa shape index (κ3) is 5.14. The molecule has 0 N–H and O–H groups in total. The van der Waals surface area contributed by atoms with Crippen molar-refractivity contribution >= 4 is 12.0 Å². The predicted octanol–water partition coefficient (Wildman–Crippen LogP) is 3.37. The molecule has 0 aliphatic carbocycles. The Bertz CT molecular complexity index is 479. The van der Waals surface area contributed by atoms with Crippen molar-refractivity contribution in [2.75, 3.05) is 26.3 Å². The molecule has 0 bridgehead atoms. The molecule has 4 heteroatoms. The number of hydrogen-bond acceptors (Lipinski definition) is 3. The fourth-order valence-electron chi connectivity index (χ4n) is 1.98. The molecular formula is C17H25NO3. The molecule has 1 amide bonds. The lowest BCUT2D eigenvalue weighted by Gasteiger charge is -2.16. The second kappa shape index (κ2) is 9.06. The average molecular weight is 291 g/mol. The van der Waals surface area contributed by atoms with Gasteiger partial charge in [0.15, 0.2) is 11.5 Å². The zero-order chi connectivity index (χ0) is 15.7. The molecule has 1 aromatic carbocycles. The Morgan fingerprint density at radius 3 is 2.24 bits per heavy atom. The van der Waals surface area contributed by atoms with Crippen LogP contribution in [0.15, 0.2) is 24.3 Å². The normalized spacial score (nSPS) is 10.7. The molecule has 0 saturated carbocycles. The third-order valence-electron chi connectivity index (χ3n) is 3.06. The highest BCUT2D eigenvalue weighted by molar-refractivity contribution is 5.91. The van der Waals surface area contributed by atoms with Crippen LogP contribution >= 0.6 is 0 Å². The summed E-state index contributed by atoms with van der Waals surface area (Å²) < 4.78 is 11.1. The van der Waals surface area contributed by atoms with E-state index in [-0.39, 0.29) is 5.91 Å². The lowest BCUT2D eigenvalue weighted by molar-refractivity contribution is -0.125. The molecule has 116 valence electrons. The van der Waals surface area contributed by atoms with Crippen LogP contribution in [0.4, 0.5) is 0 Å². The number of benzene rings is 1. The molecule has 0 saturated heterocycles. The molecule has 0 aromatic heterocycles. The average Bonchev–Trinajstić information content (AvgIpc) is 2.49. The number of rotatable bonds is 8. The van der Waals surface area contributed by atoms with Gasteiger partial charge in [0.25, 0.3) is 0 Å². The van der Waals surface area contributed by atoms with Crippen LogP contribution in [0.3, 0.4) is 0 Å². The molecule has 0 radical (unpaired) electrons. The SMILES string of the molecule is CCOc1ccc(C=CC(=O)N(CC)CC)cc1OCC. The summed E-state index contributed by atoms with van der Waals surface area (Å²) in [5.41, 5.74) is 0.919. The fourth-order valence-corrected chi connectivity index (χ4v) is 1.98. The molecule has 0 atom stereocenters. The highest BCUT2D eigenvalue weighted by atomic mass is 16.5. The summed E-state index contributed by atoms with van der Waals surface area (Å²) in [6.07, 6.45) is 3.40. The quantitative estimate of drug-likeness (QED) is 0.689. The van der Waals surface area contributed by atoms with Crippen molar-refractivity contribution in [3.63, 3.8) is 0 Å². The second-order valence-electron chi connectivity index (χ2n) is 4.42. The van der Waals surface area contributed by atoms with Crippen LogP contribution in [0.5, 0.6) is 11.5 Å². The van der Waals surface area contributed by atoms with Crippen LogP contribution in [-0.4, -0.2) is 37.1 Å². The first kappa shape index (κ1) is 17.1. The van der Waals surface area contributed by atoms with Crippen LogP contribution in [0.2, 0.25) is 0 Å². The van der Waals surface area contributed by atoms with Gasteiger partial charge in [-0.1, -0.05) is 6.07 Å². The lowest BCUT2D eigenvalue weighted by atomic mass is 10.2. The summed E-state index contributed by atoms with van der Waals surface area (Å²) in [5, 5.41) is 0. The standard InChI is InChI=1S/C17H25NO3/c1-5-18(6-2)17(19)12-10-14-9-11-15(20-7-3)16(13-14)21-8-4/h9-13H,5-8H2,1-4H3. The van der Waals surface area contributed by atoms with Gasteiger partial charge in [-0.2, -0.15) is 0 Å². The van der Waals surface area contributed by atoms with Crippen molar-refractivity contribution in [1.29, 1.82) is 0 Å². The van der Waals surface area contributed by atoms with E-state index in [2.05, 4.69) is 0 Å². The summed E-state index contributed by atoms with van der Waals surface area (Å²) in [6, 6.07) is 5.68. The van der Waals surface area contributed by atoms with Crippen LogP contribution in [0.1, 0.15) is 33.3 Å². The number of hydrogen-bond donors (Lipinski definition) is 0. The van der Waals surface area contributed by atoms with Crippen LogP contribution in [0.25, 0.3) is 6.08 Å². The number of carbonyl (C=O) groups is 1. The fraction of sp³-hybridized carbons (Fsp3) is 0.471. The van der Waals surface area contributed by atoms with Crippen molar-refractivity contribution in [2.24, 2.45) is 0 Å². The van der Waals surface area contributed by atoms with E-state index in [9.17, 15) is 4.79 Å². The van der Waals surface area contributed by atoms with E-state index in [1.807, 2.05) is 45.9 Å². The molecule has 0 unspecified atom stereocenters. The van der Waals surface area contributed by atoms with Gasteiger partial charge in [0.2, 0.25) is 5.91 Å². The minimum atomic E-state index is 0.0202. The molecule has 0 fully saturated rings. The van der Waals surface area contributed by atoms with Gasteiger partial charge >= 0.3 is 0 Å². The molecule has 0 spiro atoms. The largest absolute Gasteiger partial charge is 0.490 e. The topological polar surface area (TPSA) is 38.8 Å². The predicted molar refractivity (Wildman–Crippen MR) is 85.7 cm³/mol. The summed E-state index contributed by atoms with van der Waals surface area (Å²) in [4.78, 5) is 13.7. The van der Waals surface area contributed by atoms with Crippen molar-refractivity contribution < 1.29 is 14.3 Å². The Balaban J connectivity index is 2.88. The first-order valence-electron chi connectivity index (χ1n) is 7.52.